The van der Waals surface area contributed by atoms with E-state index < -0.39 is 0 Å². The Kier molecular flexibility index (Phi) is 21.4. The first-order valence-electron chi connectivity index (χ1n) is 31.2. The normalized spacial score (nSPS) is 13.0. The number of hydrogen-bond acceptors (Lipinski definition) is 15. The predicted octanol–water partition coefficient (Wildman–Crippen LogP) is 12.5. The second kappa shape index (κ2) is 30.1. The van der Waals surface area contributed by atoms with Crippen LogP contribution in [0.3, 0.4) is 0 Å². The summed E-state index contributed by atoms with van der Waals surface area (Å²) in [5.74, 6) is 0.266. The monoisotopic (exact) mass is 1250 g/mol. The molecule has 0 saturated heterocycles. The number of amides is 3. The molecule has 0 atom stereocenters. The molecule has 93 heavy (non-hydrogen) atoms. The summed E-state index contributed by atoms with van der Waals surface area (Å²) in [6.45, 7) is 19.3. The van der Waals surface area contributed by atoms with Crippen LogP contribution in [0.25, 0.3) is 34.2 Å². The number of carbonyl (C=O) groups excluding carboxylic acids is 3. The zero-order chi connectivity index (χ0) is 65.5. The molecule has 6 bridgehead atoms. The lowest BCUT2D eigenvalue weighted by atomic mass is 9.84. The second-order valence-electron chi connectivity index (χ2n) is 26.1. The van der Waals surface area contributed by atoms with E-state index in [1.165, 1.54) is 0 Å². The fourth-order valence-corrected chi connectivity index (χ4v) is 10.3. The zero-order valence-corrected chi connectivity index (χ0v) is 54.4. The van der Waals surface area contributed by atoms with Gasteiger partial charge in [-0.25, -0.2) is 0 Å². The molecule has 3 amide bonds. The van der Waals surface area contributed by atoms with E-state index >= 15 is 0 Å². The van der Waals surface area contributed by atoms with Gasteiger partial charge in [0, 0.05) is 90.2 Å². The number of aromatic nitrogens is 6. The number of ether oxygens (including phenoxy) is 6. The van der Waals surface area contributed by atoms with Gasteiger partial charge in [-0.05, 0) is 141 Å². The summed E-state index contributed by atoms with van der Waals surface area (Å²) in [6, 6.07) is 40.7. The Labute approximate surface area is 544 Å². The molecule has 6 aromatic heterocycles. The average molecular weight is 1250 g/mol. The van der Waals surface area contributed by atoms with E-state index in [2.05, 4.69) is 145 Å². The van der Waals surface area contributed by atoms with Gasteiger partial charge in [0.15, 0.2) is 19.8 Å². The minimum atomic E-state index is -0.348. The Morgan fingerprint density at radius 2 is 0.602 bits per heavy atom. The molecular weight excluding hydrogens is 1170 g/mol. The van der Waals surface area contributed by atoms with Crippen LogP contribution < -0.4 is 30.2 Å². The Morgan fingerprint density at radius 3 is 0.806 bits per heavy atom. The quantitative estimate of drug-likeness (QED) is 0.0727. The van der Waals surface area contributed by atoms with Crippen LogP contribution in [0.4, 0.5) is 0 Å². The van der Waals surface area contributed by atoms with Crippen LogP contribution in [-0.2, 0) is 104 Å². The van der Waals surface area contributed by atoms with Gasteiger partial charge in [-0.15, -0.1) is 0 Å². The maximum absolute atomic E-state index is 13.9. The van der Waals surface area contributed by atoms with Crippen LogP contribution >= 0.6 is 0 Å². The lowest BCUT2D eigenvalue weighted by Gasteiger charge is -2.26. The molecule has 1 aliphatic heterocycles. The third-order valence-corrected chi connectivity index (χ3v) is 15.6. The maximum Gasteiger partial charge on any atom is 0.258 e. The summed E-state index contributed by atoms with van der Waals surface area (Å²) in [5.41, 5.74) is 12.9. The molecule has 7 heterocycles. The molecule has 9 aromatic rings. The SMILES string of the molecule is CC(C)(C)c1cc2c(OCC(=O)NCc3ccc(-c4ccccn4)nc3)c(c1)COCc1cc(C(C)(C)C)cc(c1OCC(=O)NCc1ccc(-c3ccccn3)nc1)COCc1cc(C(C)(C)C)cc(c1OCC(=O)NCc1ccc(-c3ccccn3)nc1)COC2. The molecule has 18 nitrogen and oxygen atoms in total. The molecule has 0 spiro atoms. The Bertz CT molecular complexity index is 3510. The van der Waals surface area contributed by atoms with Crippen molar-refractivity contribution >= 4 is 17.7 Å². The largest absolute Gasteiger partial charge is 0.483 e. The molecule has 0 saturated carbocycles. The van der Waals surface area contributed by atoms with Gasteiger partial charge in [0.05, 0.1) is 73.8 Å². The van der Waals surface area contributed by atoms with Crippen molar-refractivity contribution in [1.82, 2.24) is 45.9 Å². The number of fused-ring (bicyclic) bond motifs is 6. The smallest absolute Gasteiger partial charge is 0.258 e. The number of carbonyl (C=O) groups is 3. The summed E-state index contributed by atoms with van der Waals surface area (Å²) in [6.07, 6.45) is 10.3. The number of rotatable bonds is 18. The molecule has 1 aliphatic rings. The van der Waals surface area contributed by atoms with Crippen molar-refractivity contribution in [3.8, 4) is 51.4 Å². The van der Waals surface area contributed by atoms with Crippen LogP contribution in [0.2, 0.25) is 0 Å². The fourth-order valence-electron chi connectivity index (χ4n) is 10.3. The first-order chi connectivity index (χ1) is 44.7. The summed E-state index contributed by atoms with van der Waals surface area (Å²) < 4.78 is 40.2. The Hall–Kier alpha value is -9.75. The van der Waals surface area contributed by atoms with Gasteiger partial charge in [0.25, 0.3) is 17.7 Å². The van der Waals surface area contributed by atoms with Gasteiger partial charge >= 0.3 is 0 Å². The van der Waals surface area contributed by atoms with Crippen molar-refractivity contribution in [2.75, 3.05) is 19.8 Å². The molecule has 3 aromatic carbocycles. The van der Waals surface area contributed by atoms with Gasteiger partial charge in [-0.3, -0.25) is 44.3 Å². The maximum atomic E-state index is 13.9. The Balaban J connectivity index is 0.969. The number of pyridine rings is 6. The van der Waals surface area contributed by atoms with E-state index in [4.69, 9.17) is 28.4 Å². The van der Waals surface area contributed by atoms with E-state index in [1.807, 2.05) is 91.0 Å². The molecule has 3 N–H and O–H groups in total. The number of hydrogen-bond donors (Lipinski definition) is 3. The van der Waals surface area contributed by atoms with Gasteiger partial charge in [-0.2, -0.15) is 0 Å². The summed E-state index contributed by atoms with van der Waals surface area (Å²) in [4.78, 5) is 68.6. The highest BCUT2D eigenvalue weighted by atomic mass is 16.5. The first kappa shape index (κ1) is 66.2. The van der Waals surface area contributed by atoms with Crippen molar-refractivity contribution in [1.29, 1.82) is 0 Å². The number of nitrogens with zero attached hydrogens (tertiary/aromatic N) is 6. The summed E-state index contributed by atoms with van der Waals surface area (Å²) >= 11 is 0. The standard InChI is InChI=1S/C75H81N9O9/c1-73(2,3)58-28-52-40-88-42-54-30-59(74(4,5)6)32-56(71(54)92-47-68(86)83-38-50-20-23-65(80-35-50)62-17-11-14-26-77-62)44-90-45-57-33-60(75(7,8)9)31-55(72(57)93-48-69(87)84-39-51-21-24-66(81-36-51)63-18-12-15-27-78-63)43-89-41-53(29-58)70(52)91-46-67(85)82-37-49-19-22-64(79-34-49)61-16-10-13-25-76-61/h10-36H,37-48H2,1-9H3,(H,82,85)(H,83,86)(H,84,87). The summed E-state index contributed by atoms with van der Waals surface area (Å²) in [5, 5.41) is 9.00. The van der Waals surface area contributed by atoms with E-state index in [9.17, 15) is 14.4 Å². The van der Waals surface area contributed by atoms with E-state index in [-0.39, 0.29) is 113 Å². The van der Waals surface area contributed by atoms with Gasteiger partial charge in [-0.1, -0.05) is 98.7 Å². The van der Waals surface area contributed by atoms with Crippen molar-refractivity contribution in [3.63, 3.8) is 0 Å². The minimum Gasteiger partial charge on any atom is -0.483 e. The first-order valence-corrected chi connectivity index (χ1v) is 31.2. The fraction of sp³-hybridized carbons (Fsp3) is 0.320. The molecule has 0 fully saturated rings. The molecule has 10 rings (SSSR count). The van der Waals surface area contributed by atoms with Crippen molar-refractivity contribution in [3.05, 3.63) is 231 Å². The predicted molar refractivity (Wildman–Crippen MR) is 355 cm³/mol. The third kappa shape index (κ3) is 18.3. The topological polar surface area (TPSA) is 220 Å². The van der Waals surface area contributed by atoms with Crippen LogP contribution in [0.15, 0.2) is 165 Å². The van der Waals surface area contributed by atoms with E-state index in [0.717, 1.165) is 67.5 Å². The summed E-state index contributed by atoms with van der Waals surface area (Å²) in [7, 11) is 0. The zero-order valence-electron chi connectivity index (χ0n) is 54.4. The third-order valence-electron chi connectivity index (χ3n) is 15.6. The van der Waals surface area contributed by atoms with E-state index in [1.54, 1.807) is 37.2 Å². The van der Waals surface area contributed by atoms with Crippen molar-refractivity contribution in [2.24, 2.45) is 0 Å². The van der Waals surface area contributed by atoms with Gasteiger partial charge in [0.2, 0.25) is 0 Å². The van der Waals surface area contributed by atoms with Crippen molar-refractivity contribution < 1.29 is 42.8 Å². The van der Waals surface area contributed by atoms with Crippen LogP contribution in [0.5, 0.6) is 17.2 Å². The van der Waals surface area contributed by atoms with Gasteiger partial charge < -0.3 is 44.4 Å². The highest BCUT2D eigenvalue weighted by Crippen LogP contribution is 2.39. The van der Waals surface area contributed by atoms with Gasteiger partial charge in [0.1, 0.15) is 17.2 Å². The highest BCUT2D eigenvalue weighted by molar-refractivity contribution is 5.79. The number of nitrogens with one attached hydrogen (secondary N) is 3. The van der Waals surface area contributed by atoms with Crippen LogP contribution in [0.1, 0.15) is 129 Å². The molecule has 0 aliphatic carbocycles. The molecular formula is C75H81N9O9. The minimum absolute atomic E-state index is 0.0604. The lowest BCUT2D eigenvalue weighted by molar-refractivity contribution is -0.124. The molecule has 0 radical (unpaired) electrons. The van der Waals surface area contributed by atoms with Crippen LogP contribution in [0, 0.1) is 0 Å². The van der Waals surface area contributed by atoms with Crippen LogP contribution in [-0.4, -0.2) is 67.4 Å². The van der Waals surface area contributed by atoms with E-state index in [0.29, 0.717) is 50.6 Å². The second-order valence-corrected chi connectivity index (χ2v) is 26.1. The average Bonchev–Trinajstić information content (AvgIpc) is 0.888. The Morgan fingerprint density at radius 1 is 0.355 bits per heavy atom. The molecule has 480 valence electrons. The molecule has 0 unspecified atom stereocenters. The molecule has 18 heteroatoms. The highest BCUT2D eigenvalue weighted by Gasteiger charge is 2.27. The van der Waals surface area contributed by atoms with Crippen molar-refractivity contribution in [2.45, 2.75) is 138 Å². The number of benzene rings is 3. The lowest BCUT2D eigenvalue weighted by Crippen LogP contribution is -2.29.